The number of carbonyl (C=O) groups excluding carboxylic acids is 3. The van der Waals surface area contributed by atoms with Gasteiger partial charge < -0.3 is 20.0 Å². The number of benzene rings is 1. The lowest BCUT2D eigenvalue weighted by molar-refractivity contribution is -0.127. The quantitative estimate of drug-likeness (QED) is 0.857. The minimum Gasteiger partial charge on any atom is -0.357 e. The molecule has 2 fully saturated rings. The van der Waals surface area contributed by atoms with E-state index in [1.54, 1.807) is 35.0 Å². The number of nitrogens with zero attached hydrogens (tertiary/aromatic N) is 3. The molecule has 1 unspecified atom stereocenters. The lowest BCUT2D eigenvalue weighted by Crippen LogP contribution is -2.59. The summed E-state index contributed by atoms with van der Waals surface area (Å²) in [6.45, 7) is 2.42. The van der Waals surface area contributed by atoms with Gasteiger partial charge in [-0.2, -0.15) is 0 Å². The molecule has 2 heterocycles. The molecule has 3 amide bonds. The van der Waals surface area contributed by atoms with Crippen LogP contribution in [-0.2, 0) is 9.59 Å². The van der Waals surface area contributed by atoms with Crippen molar-refractivity contribution in [2.75, 3.05) is 45.2 Å². The van der Waals surface area contributed by atoms with Crippen molar-refractivity contribution in [1.29, 1.82) is 0 Å². The van der Waals surface area contributed by atoms with Crippen LogP contribution in [0.3, 0.4) is 0 Å². The van der Waals surface area contributed by atoms with Crippen molar-refractivity contribution in [3.8, 4) is 0 Å². The Morgan fingerprint density at radius 3 is 2.68 bits per heavy atom. The summed E-state index contributed by atoms with van der Waals surface area (Å²) < 4.78 is 0. The van der Waals surface area contributed by atoms with Crippen molar-refractivity contribution in [3.63, 3.8) is 0 Å². The Balaban J connectivity index is 1.84. The van der Waals surface area contributed by atoms with Crippen LogP contribution in [0.2, 0.25) is 0 Å². The lowest BCUT2D eigenvalue weighted by atomic mass is 10.1. The number of likely N-dealkylation sites (N-methyl/N-ethyl adjacent to an activating group) is 2. The van der Waals surface area contributed by atoms with Crippen LogP contribution in [0.15, 0.2) is 24.3 Å². The molecule has 2 aliphatic rings. The third kappa shape index (κ3) is 3.51. The van der Waals surface area contributed by atoms with E-state index in [1.165, 1.54) is 0 Å². The molecule has 0 spiro atoms. The molecule has 0 radical (unpaired) electrons. The topological polar surface area (TPSA) is 73.0 Å². The molecule has 1 aromatic rings. The van der Waals surface area contributed by atoms with E-state index in [0.717, 1.165) is 18.7 Å². The molecule has 3 rings (SSSR count). The standard InChI is InChI=1S/C18H24N4O3/c1-19-17(24)15-12-20(2)9-10-22(15)18(25)13-5-3-6-14(11-13)21-8-4-7-16(21)23/h3,5-6,11,15H,4,7-10,12H2,1-2H3,(H,19,24). The van der Waals surface area contributed by atoms with Crippen molar-refractivity contribution in [2.45, 2.75) is 18.9 Å². The van der Waals surface area contributed by atoms with E-state index in [-0.39, 0.29) is 17.7 Å². The fourth-order valence-corrected chi connectivity index (χ4v) is 3.45. The maximum absolute atomic E-state index is 13.0. The number of hydrogen-bond donors (Lipinski definition) is 1. The molecule has 2 saturated heterocycles. The Hall–Kier alpha value is -2.41. The van der Waals surface area contributed by atoms with E-state index in [2.05, 4.69) is 5.32 Å². The number of hydrogen-bond acceptors (Lipinski definition) is 4. The van der Waals surface area contributed by atoms with E-state index in [9.17, 15) is 14.4 Å². The molecule has 134 valence electrons. The van der Waals surface area contributed by atoms with Crippen molar-refractivity contribution in [3.05, 3.63) is 29.8 Å². The molecule has 0 bridgehead atoms. The fraction of sp³-hybridized carbons (Fsp3) is 0.500. The Bertz CT molecular complexity index is 691. The molecule has 1 atom stereocenters. The maximum Gasteiger partial charge on any atom is 0.254 e. The smallest absolute Gasteiger partial charge is 0.254 e. The predicted molar refractivity (Wildman–Crippen MR) is 94.4 cm³/mol. The Morgan fingerprint density at radius 1 is 1.20 bits per heavy atom. The number of nitrogens with one attached hydrogen (secondary N) is 1. The summed E-state index contributed by atoms with van der Waals surface area (Å²) >= 11 is 0. The van der Waals surface area contributed by atoms with Gasteiger partial charge in [0, 0.05) is 50.9 Å². The van der Waals surface area contributed by atoms with Gasteiger partial charge in [0.2, 0.25) is 11.8 Å². The van der Waals surface area contributed by atoms with Gasteiger partial charge in [0.1, 0.15) is 6.04 Å². The number of rotatable bonds is 3. The van der Waals surface area contributed by atoms with Crippen LogP contribution in [0.25, 0.3) is 0 Å². The first-order chi connectivity index (χ1) is 12.0. The molecular formula is C18H24N4O3. The van der Waals surface area contributed by atoms with Gasteiger partial charge in [0.05, 0.1) is 0 Å². The zero-order valence-corrected chi connectivity index (χ0v) is 14.7. The molecule has 1 N–H and O–H groups in total. The van der Waals surface area contributed by atoms with Crippen molar-refractivity contribution < 1.29 is 14.4 Å². The fourth-order valence-electron chi connectivity index (χ4n) is 3.45. The van der Waals surface area contributed by atoms with E-state index in [4.69, 9.17) is 0 Å². The van der Waals surface area contributed by atoms with Crippen LogP contribution in [0.1, 0.15) is 23.2 Å². The summed E-state index contributed by atoms with van der Waals surface area (Å²) in [4.78, 5) is 42.5. The van der Waals surface area contributed by atoms with E-state index < -0.39 is 6.04 Å². The summed E-state index contributed by atoms with van der Waals surface area (Å²) in [7, 11) is 3.52. The van der Waals surface area contributed by atoms with Crippen molar-refractivity contribution in [1.82, 2.24) is 15.1 Å². The Kier molecular flexibility index (Phi) is 5.03. The SMILES string of the molecule is CNC(=O)C1CN(C)CCN1C(=O)c1cccc(N2CCCC2=O)c1. The van der Waals surface area contributed by atoms with Crippen molar-refractivity contribution >= 4 is 23.4 Å². The molecule has 7 nitrogen and oxygen atoms in total. The summed E-state index contributed by atoms with van der Waals surface area (Å²) in [6.07, 6.45) is 1.39. The van der Waals surface area contributed by atoms with Crippen LogP contribution < -0.4 is 10.2 Å². The normalized spacial score (nSPS) is 21.5. The number of amides is 3. The molecule has 0 aromatic heterocycles. The minimum atomic E-state index is -0.506. The van der Waals surface area contributed by atoms with Crippen LogP contribution >= 0.6 is 0 Å². The molecular weight excluding hydrogens is 320 g/mol. The van der Waals surface area contributed by atoms with Gasteiger partial charge in [-0.05, 0) is 31.7 Å². The van der Waals surface area contributed by atoms with E-state index in [0.29, 0.717) is 31.6 Å². The second-order valence-electron chi connectivity index (χ2n) is 6.59. The molecule has 7 heteroatoms. The zero-order valence-electron chi connectivity index (χ0n) is 14.7. The van der Waals surface area contributed by atoms with Crippen LogP contribution in [0.4, 0.5) is 5.69 Å². The average Bonchev–Trinajstić information content (AvgIpc) is 3.06. The highest BCUT2D eigenvalue weighted by Gasteiger charge is 2.34. The first-order valence-electron chi connectivity index (χ1n) is 8.63. The first kappa shape index (κ1) is 17.4. The largest absolute Gasteiger partial charge is 0.357 e. The zero-order chi connectivity index (χ0) is 18.0. The second-order valence-corrected chi connectivity index (χ2v) is 6.59. The lowest BCUT2D eigenvalue weighted by Gasteiger charge is -2.39. The van der Waals surface area contributed by atoms with Crippen molar-refractivity contribution in [2.24, 2.45) is 0 Å². The summed E-state index contributed by atoms with van der Waals surface area (Å²) in [5.74, 6) is -0.242. The van der Waals surface area contributed by atoms with Gasteiger partial charge in [0.25, 0.3) is 5.91 Å². The highest BCUT2D eigenvalue weighted by atomic mass is 16.2. The van der Waals surface area contributed by atoms with Crippen LogP contribution in [0.5, 0.6) is 0 Å². The molecule has 0 aliphatic carbocycles. The van der Waals surface area contributed by atoms with Gasteiger partial charge >= 0.3 is 0 Å². The Labute approximate surface area is 147 Å². The summed E-state index contributed by atoms with van der Waals surface area (Å²) in [6, 6.07) is 6.63. The number of anilines is 1. The minimum absolute atomic E-state index is 0.0902. The van der Waals surface area contributed by atoms with Gasteiger partial charge in [-0.1, -0.05) is 6.07 Å². The summed E-state index contributed by atoms with van der Waals surface area (Å²) in [5.41, 5.74) is 1.26. The van der Waals surface area contributed by atoms with Gasteiger partial charge in [0.15, 0.2) is 0 Å². The third-order valence-electron chi connectivity index (χ3n) is 4.87. The summed E-state index contributed by atoms with van der Waals surface area (Å²) in [5, 5.41) is 2.64. The predicted octanol–water partition coefficient (Wildman–Crippen LogP) is 0.316. The van der Waals surface area contributed by atoms with Crippen LogP contribution in [0, 0.1) is 0 Å². The number of piperazine rings is 1. The molecule has 0 saturated carbocycles. The Morgan fingerprint density at radius 2 is 2.00 bits per heavy atom. The molecule has 25 heavy (non-hydrogen) atoms. The third-order valence-corrected chi connectivity index (χ3v) is 4.87. The maximum atomic E-state index is 13.0. The second kappa shape index (κ2) is 7.23. The highest BCUT2D eigenvalue weighted by Crippen LogP contribution is 2.23. The highest BCUT2D eigenvalue weighted by molar-refractivity contribution is 6.00. The van der Waals surface area contributed by atoms with Gasteiger partial charge in [-0.25, -0.2) is 0 Å². The monoisotopic (exact) mass is 344 g/mol. The van der Waals surface area contributed by atoms with E-state index in [1.807, 2.05) is 18.0 Å². The first-order valence-corrected chi connectivity index (χ1v) is 8.63. The molecule has 1 aromatic carbocycles. The van der Waals surface area contributed by atoms with Crippen LogP contribution in [-0.4, -0.2) is 73.8 Å². The van der Waals surface area contributed by atoms with Gasteiger partial charge in [-0.15, -0.1) is 0 Å². The molecule has 2 aliphatic heterocycles. The number of carbonyl (C=O) groups is 3. The van der Waals surface area contributed by atoms with Gasteiger partial charge in [-0.3, -0.25) is 14.4 Å². The average molecular weight is 344 g/mol. The van der Waals surface area contributed by atoms with E-state index >= 15 is 0 Å².